The van der Waals surface area contributed by atoms with E-state index in [9.17, 15) is 23.1 Å². The molecule has 1 fully saturated rings. The number of aliphatic hydroxyl groups is 1. The van der Waals surface area contributed by atoms with Crippen molar-refractivity contribution in [2.24, 2.45) is 5.92 Å². The fourth-order valence-corrected chi connectivity index (χ4v) is 6.48. The van der Waals surface area contributed by atoms with Gasteiger partial charge in [0.1, 0.15) is 11.9 Å². The average molecular weight is 587 g/mol. The van der Waals surface area contributed by atoms with E-state index in [-0.39, 0.29) is 48.4 Å². The van der Waals surface area contributed by atoms with Crippen molar-refractivity contribution in [2.75, 3.05) is 31.5 Å². The van der Waals surface area contributed by atoms with Crippen molar-refractivity contribution in [1.82, 2.24) is 15.1 Å². The molecule has 2 aromatic rings. The first-order valence-electron chi connectivity index (χ1n) is 14.4. The van der Waals surface area contributed by atoms with Crippen LogP contribution < -0.4 is 14.8 Å². The lowest BCUT2D eigenvalue weighted by atomic mass is 9.96. The van der Waals surface area contributed by atoms with Gasteiger partial charge in [-0.2, -0.15) is 0 Å². The first kappa shape index (κ1) is 30.6. The van der Waals surface area contributed by atoms with Gasteiger partial charge in [0.15, 0.2) is 0 Å². The fourth-order valence-electron chi connectivity index (χ4n) is 5.41. The third-order valence-electron chi connectivity index (χ3n) is 7.96. The summed E-state index contributed by atoms with van der Waals surface area (Å²) in [5.41, 5.74) is 0.824. The number of likely N-dealkylation sites (N-methyl/N-ethyl adjacent to an activating group) is 1. The Kier molecular flexibility index (Phi) is 10.1. The Labute approximate surface area is 243 Å². The zero-order valence-corrected chi connectivity index (χ0v) is 24.9. The number of sulfonamides is 1. The standard InChI is InChI=1S/C30H42N4O6S/c1-21-18-34(22(2)20-35)29(36)17-23-16-25(32-41(38,39)26-12-8-5-9-13-26)14-15-27(23)40-28(21)19-33(3)30(37)31-24-10-6-4-7-11-24/h5,8-9,12-16,21-22,24,28,32,35H,4,6-7,10-11,17-20H2,1-3H3,(H,31,37)/t21-,22-,28+/m1/s1. The Morgan fingerprint density at radius 2 is 1.85 bits per heavy atom. The van der Waals surface area contributed by atoms with Crippen molar-refractivity contribution in [3.05, 3.63) is 54.1 Å². The summed E-state index contributed by atoms with van der Waals surface area (Å²) in [5.74, 6) is 0.0907. The van der Waals surface area contributed by atoms with Crippen LogP contribution >= 0.6 is 0 Å². The zero-order chi connectivity index (χ0) is 29.6. The van der Waals surface area contributed by atoms with Gasteiger partial charge in [0, 0.05) is 36.8 Å². The molecular formula is C30H42N4O6S. The Balaban J connectivity index is 1.59. The lowest BCUT2D eigenvalue weighted by Gasteiger charge is -2.34. The minimum absolute atomic E-state index is 0.0297. The predicted octanol–water partition coefficient (Wildman–Crippen LogP) is 3.61. The number of hydrogen-bond acceptors (Lipinski definition) is 6. The molecule has 1 aliphatic carbocycles. The van der Waals surface area contributed by atoms with Crippen LogP contribution in [0.15, 0.2) is 53.4 Å². The number of hydrogen-bond donors (Lipinski definition) is 3. The molecule has 0 bridgehead atoms. The van der Waals surface area contributed by atoms with Gasteiger partial charge in [-0.25, -0.2) is 13.2 Å². The molecule has 0 unspecified atom stereocenters. The van der Waals surface area contributed by atoms with Crippen molar-refractivity contribution in [3.8, 4) is 5.75 Å². The normalized spacial score (nSPS) is 21.0. The molecule has 0 saturated heterocycles. The van der Waals surface area contributed by atoms with E-state index in [1.807, 2.05) is 6.92 Å². The van der Waals surface area contributed by atoms with Gasteiger partial charge in [-0.1, -0.05) is 44.4 Å². The van der Waals surface area contributed by atoms with Gasteiger partial charge in [0.25, 0.3) is 10.0 Å². The Bertz CT molecular complexity index is 1300. The van der Waals surface area contributed by atoms with Crippen molar-refractivity contribution in [1.29, 1.82) is 0 Å². The first-order valence-corrected chi connectivity index (χ1v) is 15.8. The number of urea groups is 1. The number of nitrogens with zero attached hydrogens (tertiary/aromatic N) is 2. The molecule has 2 aromatic carbocycles. The first-order chi connectivity index (χ1) is 19.6. The van der Waals surface area contributed by atoms with E-state index < -0.39 is 22.2 Å². The molecule has 11 heteroatoms. The van der Waals surface area contributed by atoms with Crippen LogP contribution in [0.2, 0.25) is 0 Å². The highest BCUT2D eigenvalue weighted by atomic mass is 32.2. The fraction of sp³-hybridized carbons (Fsp3) is 0.533. The van der Waals surface area contributed by atoms with Crippen LogP contribution in [-0.2, 0) is 21.2 Å². The van der Waals surface area contributed by atoms with E-state index in [2.05, 4.69) is 10.0 Å². The van der Waals surface area contributed by atoms with Gasteiger partial charge in [-0.15, -0.1) is 0 Å². The number of ether oxygens (including phenoxy) is 1. The maximum atomic E-state index is 13.5. The predicted molar refractivity (Wildman–Crippen MR) is 157 cm³/mol. The van der Waals surface area contributed by atoms with E-state index >= 15 is 0 Å². The number of carbonyl (C=O) groups excluding carboxylic acids is 2. The van der Waals surface area contributed by atoms with Crippen LogP contribution in [0, 0.1) is 5.92 Å². The zero-order valence-electron chi connectivity index (χ0n) is 24.1. The molecule has 2 aliphatic rings. The lowest BCUT2D eigenvalue weighted by molar-refractivity contribution is -0.134. The summed E-state index contributed by atoms with van der Waals surface area (Å²) < 4.78 is 34.9. The van der Waals surface area contributed by atoms with E-state index in [1.54, 1.807) is 60.2 Å². The van der Waals surface area contributed by atoms with Gasteiger partial charge in [0.05, 0.1) is 30.5 Å². The van der Waals surface area contributed by atoms with Crippen LogP contribution in [-0.4, -0.2) is 80.2 Å². The number of anilines is 1. The summed E-state index contributed by atoms with van der Waals surface area (Å²) in [6.07, 6.45) is 4.91. The SMILES string of the molecule is C[C@@H]1CN([C@H](C)CO)C(=O)Cc2cc(NS(=O)(=O)c3ccccc3)ccc2O[C@H]1CN(C)C(=O)NC1CCCCC1. The molecule has 1 aliphatic heterocycles. The number of carbonyl (C=O) groups is 2. The van der Waals surface area contributed by atoms with Crippen LogP contribution in [0.25, 0.3) is 0 Å². The number of rotatable bonds is 8. The number of amides is 3. The molecule has 1 saturated carbocycles. The molecule has 10 nitrogen and oxygen atoms in total. The monoisotopic (exact) mass is 586 g/mol. The van der Waals surface area contributed by atoms with Crippen LogP contribution in [0.4, 0.5) is 10.5 Å². The molecule has 0 aromatic heterocycles. The maximum Gasteiger partial charge on any atom is 0.317 e. The Morgan fingerprint density at radius 3 is 2.54 bits per heavy atom. The smallest absolute Gasteiger partial charge is 0.317 e. The molecule has 3 amide bonds. The number of aliphatic hydroxyl groups excluding tert-OH is 1. The minimum Gasteiger partial charge on any atom is -0.488 e. The van der Waals surface area contributed by atoms with Gasteiger partial charge >= 0.3 is 6.03 Å². The van der Waals surface area contributed by atoms with Gasteiger partial charge in [-0.05, 0) is 50.1 Å². The second-order valence-electron chi connectivity index (χ2n) is 11.3. The summed E-state index contributed by atoms with van der Waals surface area (Å²) in [7, 11) is -2.09. The second-order valence-corrected chi connectivity index (χ2v) is 13.0. The highest BCUT2D eigenvalue weighted by Gasteiger charge is 2.32. The van der Waals surface area contributed by atoms with E-state index in [4.69, 9.17) is 4.74 Å². The topological polar surface area (TPSA) is 128 Å². The lowest BCUT2D eigenvalue weighted by Crippen LogP contribution is -2.50. The number of fused-ring (bicyclic) bond motifs is 1. The van der Waals surface area contributed by atoms with Crippen molar-refractivity contribution in [3.63, 3.8) is 0 Å². The highest BCUT2D eigenvalue weighted by molar-refractivity contribution is 7.92. The van der Waals surface area contributed by atoms with E-state index in [0.717, 1.165) is 25.7 Å². The highest BCUT2D eigenvalue weighted by Crippen LogP contribution is 2.30. The molecular weight excluding hydrogens is 544 g/mol. The average Bonchev–Trinajstić information content (AvgIpc) is 3.01. The molecule has 0 radical (unpaired) electrons. The van der Waals surface area contributed by atoms with Gasteiger partial charge in [0.2, 0.25) is 5.91 Å². The minimum atomic E-state index is -3.83. The van der Waals surface area contributed by atoms with Crippen molar-refractivity contribution >= 4 is 27.6 Å². The Morgan fingerprint density at radius 1 is 1.15 bits per heavy atom. The largest absolute Gasteiger partial charge is 0.488 e. The summed E-state index contributed by atoms with van der Waals surface area (Å²) in [4.78, 5) is 29.9. The van der Waals surface area contributed by atoms with E-state index in [1.165, 1.54) is 18.6 Å². The summed E-state index contributed by atoms with van der Waals surface area (Å²) in [6.45, 7) is 4.18. The quantitative estimate of drug-likeness (QED) is 0.434. The van der Waals surface area contributed by atoms with Crippen LogP contribution in [0.3, 0.4) is 0 Å². The molecule has 4 rings (SSSR count). The van der Waals surface area contributed by atoms with Crippen LogP contribution in [0.1, 0.15) is 51.5 Å². The number of benzene rings is 2. The third-order valence-corrected chi connectivity index (χ3v) is 9.35. The van der Waals surface area contributed by atoms with Gasteiger partial charge in [-0.3, -0.25) is 9.52 Å². The number of nitrogens with one attached hydrogen (secondary N) is 2. The summed E-state index contributed by atoms with van der Waals surface area (Å²) in [6, 6.07) is 12.5. The third kappa shape index (κ3) is 7.91. The summed E-state index contributed by atoms with van der Waals surface area (Å²) in [5, 5.41) is 13.0. The van der Waals surface area contributed by atoms with Gasteiger partial charge < -0.3 is 25.0 Å². The Hall–Kier alpha value is -3.31. The molecule has 3 N–H and O–H groups in total. The van der Waals surface area contributed by atoms with Crippen molar-refractivity contribution < 1.29 is 27.9 Å². The summed E-state index contributed by atoms with van der Waals surface area (Å²) >= 11 is 0. The molecule has 224 valence electrons. The molecule has 1 heterocycles. The van der Waals surface area contributed by atoms with Crippen LogP contribution in [0.5, 0.6) is 5.75 Å². The second kappa shape index (κ2) is 13.6. The molecule has 3 atom stereocenters. The maximum absolute atomic E-state index is 13.5. The molecule has 41 heavy (non-hydrogen) atoms. The van der Waals surface area contributed by atoms with Crippen molar-refractivity contribution in [2.45, 2.75) is 75.5 Å². The van der Waals surface area contributed by atoms with E-state index in [0.29, 0.717) is 23.5 Å². The molecule has 0 spiro atoms.